The third-order valence-electron chi connectivity index (χ3n) is 6.09. The second kappa shape index (κ2) is 6.94. The molecule has 1 N–H and O–H groups in total. The van der Waals surface area contributed by atoms with Crippen LogP contribution in [0, 0.1) is 5.92 Å². The summed E-state index contributed by atoms with van der Waals surface area (Å²) in [6.07, 6.45) is 3.15. The van der Waals surface area contributed by atoms with Crippen LogP contribution in [0.4, 0.5) is 11.8 Å². The van der Waals surface area contributed by atoms with Crippen molar-refractivity contribution in [2.75, 3.05) is 56.2 Å². The first-order chi connectivity index (χ1) is 13.5. The van der Waals surface area contributed by atoms with E-state index in [-0.39, 0.29) is 11.2 Å². The van der Waals surface area contributed by atoms with Crippen LogP contribution >= 0.6 is 0 Å². The number of anilines is 2. The van der Waals surface area contributed by atoms with Gasteiger partial charge in [0.25, 0.3) is 0 Å². The summed E-state index contributed by atoms with van der Waals surface area (Å²) in [6, 6.07) is 0. The Morgan fingerprint density at radius 2 is 2.18 bits per heavy atom. The zero-order chi connectivity index (χ0) is 19.3. The van der Waals surface area contributed by atoms with Gasteiger partial charge >= 0.3 is 0 Å². The number of ether oxygens (including phenoxy) is 2. The van der Waals surface area contributed by atoms with E-state index in [0.717, 1.165) is 36.6 Å². The molecular formula is C18H25N5O4S. The van der Waals surface area contributed by atoms with Crippen LogP contribution in [-0.2, 0) is 32.7 Å². The number of sulfonamides is 1. The second-order valence-electron chi connectivity index (χ2n) is 7.85. The summed E-state index contributed by atoms with van der Waals surface area (Å²) in [5.41, 5.74) is 3.29. The molecule has 2 atom stereocenters. The lowest BCUT2D eigenvalue weighted by atomic mass is 10.1. The number of nitrogens with one attached hydrogen (secondary N) is 1. The number of nitrogens with zero attached hydrogens (tertiary/aromatic N) is 4. The maximum atomic E-state index is 12.2. The highest BCUT2D eigenvalue weighted by atomic mass is 32.2. The van der Waals surface area contributed by atoms with Crippen molar-refractivity contribution in [3.63, 3.8) is 0 Å². The molecule has 9 nitrogen and oxygen atoms in total. The maximum Gasteiger partial charge on any atom is 0.227 e. The van der Waals surface area contributed by atoms with Crippen molar-refractivity contribution in [3.05, 3.63) is 22.9 Å². The van der Waals surface area contributed by atoms with E-state index in [4.69, 9.17) is 19.4 Å². The average Bonchev–Trinajstić information content (AvgIpc) is 3.39. The quantitative estimate of drug-likeness (QED) is 0.699. The predicted molar refractivity (Wildman–Crippen MR) is 104 cm³/mol. The van der Waals surface area contributed by atoms with Crippen molar-refractivity contribution in [2.24, 2.45) is 5.92 Å². The van der Waals surface area contributed by atoms with Crippen molar-refractivity contribution in [1.82, 2.24) is 14.7 Å². The molecule has 5 rings (SSSR count). The Kier molecular flexibility index (Phi) is 4.53. The van der Waals surface area contributed by atoms with Gasteiger partial charge in [-0.2, -0.15) is 4.98 Å². The summed E-state index contributed by atoms with van der Waals surface area (Å²) in [5, 5.41) is -0.376. The normalized spacial score (nSPS) is 28.4. The molecule has 0 spiro atoms. The fourth-order valence-corrected chi connectivity index (χ4v) is 6.25. The van der Waals surface area contributed by atoms with Crippen molar-refractivity contribution in [3.8, 4) is 0 Å². The van der Waals surface area contributed by atoms with Gasteiger partial charge in [-0.15, -0.1) is 0 Å². The molecule has 5 heterocycles. The van der Waals surface area contributed by atoms with Gasteiger partial charge in [-0.25, -0.2) is 18.1 Å². The topological polar surface area (TPSA) is 96.9 Å². The van der Waals surface area contributed by atoms with Gasteiger partial charge in [0.05, 0.1) is 30.8 Å². The third-order valence-corrected chi connectivity index (χ3v) is 7.99. The molecule has 2 fully saturated rings. The van der Waals surface area contributed by atoms with E-state index in [2.05, 4.69) is 15.7 Å². The minimum Gasteiger partial charge on any atom is -0.380 e. The lowest BCUT2D eigenvalue weighted by molar-refractivity contribution is 0.133. The summed E-state index contributed by atoms with van der Waals surface area (Å²) < 4.78 is 37.9. The Bertz CT molecular complexity index is 919. The molecule has 152 valence electrons. The molecule has 10 heteroatoms. The maximum absolute atomic E-state index is 12.2. The molecular weight excluding hydrogens is 382 g/mol. The molecule has 1 aromatic heterocycles. The molecule has 4 aliphatic heterocycles. The van der Waals surface area contributed by atoms with Gasteiger partial charge in [0.1, 0.15) is 5.82 Å². The summed E-state index contributed by atoms with van der Waals surface area (Å²) in [5.74, 6) is 1.63. The minimum atomic E-state index is -3.22. The molecule has 0 unspecified atom stereocenters. The molecule has 4 aliphatic rings. The van der Waals surface area contributed by atoms with Crippen LogP contribution in [0.3, 0.4) is 0 Å². The fourth-order valence-electron chi connectivity index (χ4n) is 4.53. The number of aromatic nitrogens is 2. The largest absolute Gasteiger partial charge is 0.380 e. The Hall–Kier alpha value is -1.75. The van der Waals surface area contributed by atoms with E-state index in [1.54, 1.807) is 7.11 Å². The van der Waals surface area contributed by atoms with Crippen molar-refractivity contribution in [2.45, 2.75) is 24.9 Å². The monoisotopic (exact) mass is 407 g/mol. The predicted octanol–water partition coefficient (Wildman–Crippen LogP) is 0.0275. The fraction of sp³-hybridized carbons (Fsp3) is 0.667. The number of fused-ring (bicyclic) bond motifs is 2. The van der Waals surface area contributed by atoms with Crippen LogP contribution in [0.25, 0.3) is 0 Å². The first-order valence-corrected chi connectivity index (χ1v) is 11.2. The minimum absolute atomic E-state index is 0.0936. The lowest BCUT2D eigenvalue weighted by Gasteiger charge is -2.29. The summed E-state index contributed by atoms with van der Waals surface area (Å²) in [6.45, 7) is 4.95. The molecule has 0 aliphatic carbocycles. The van der Waals surface area contributed by atoms with Crippen LogP contribution in [0.2, 0.25) is 0 Å². The van der Waals surface area contributed by atoms with Crippen LogP contribution < -0.4 is 14.5 Å². The molecule has 28 heavy (non-hydrogen) atoms. The van der Waals surface area contributed by atoms with Gasteiger partial charge in [-0.05, 0) is 12.0 Å². The van der Waals surface area contributed by atoms with E-state index in [0.29, 0.717) is 45.4 Å². The molecule has 0 amide bonds. The molecule has 0 aromatic carbocycles. The smallest absolute Gasteiger partial charge is 0.227 e. The molecule has 0 radical (unpaired) electrons. The van der Waals surface area contributed by atoms with Gasteiger partial charge in [0.2, 0.25) is 16.0 Å². The number of hydrogen-bond acceptors (Lipinski definition) is 8. The van der Waals surface area contributed by atoms with Crippen LogP contribution in [0.5, 0.6) is 0 Å². The Balaban J connectivity index is 1.43. The zero-order valence-corrected chi connectivity index (χ0v) is 16.7. The van der Waals surface area contributed by atoms with Crippen LogP contribution in [0.15, 0.2) is 11.6 Å². The van der Waals surface area contributed by atoms with Crippen molar-refractivity contribution < 1.29 is 17.9 Å². The SMILES string of the molecule is COCC1=CCN(c2nc(N3C[C@@H]4CNS(=O)(=O)[C@@H]4C3)nc3c2COC3)CC1. The zero-order valence-electron chi connectivity index (χ0n) is 15.9. The molecule has 2 saturated heterocycles. The first-order valence-electron chi connectivity index (χ1n) is 9.68. The lowest BCUT2D eigenvalue weighted by Crippen LogP contribution is -2.34. The van der Waals surface area contributed by atoms with E-state index >= 15 is 0 Å². The van der Waals surface area contributed by atoms with Crippen LogP contribution in [-0.4, -0.2) is 70.1 Å². The third kappa shape index (κ3) is 3.08. The summed E-state index contributed by atoms with van der Waals surface area (Å²) in [7, 11) is -1.50. The van der Waals surface area contributed by atoms with Gasteiger partial charge in [0, 0.05) is 51.3 Å². The number of rotatable bonds is 4. The molecule has 0 saturated carbocycles. The summed E-state index contributed by atoms with van der Waals surface area (Å²) in [4.78, 5) is 13.9. The Morgan fingerprint density at radius 3 is 2.93 bits per heavy atom. The standard InChI is InChI=1S/C18H25N5O4S/c1-26-9-12-2-4-22(5-3-12)17-14-10-27-11-15(14)20-18(21-17)23-7-13-6-19-28(24,25)16(13)8-23/h2,13,16,19H,3-11H2,1H3/t13-,16+/m0/s1. The van der Waals surface area contributed by atoms with Gasteiger partial charge in [-0.3, -0.25) is 0 Å². The number of methoxy groups -OCH3 is 1. The molecule has 0 bridgehead atoms. The number of hydrogen-bond donors (Lipinski definition) is 1. The highest BCUT2D eigenvalue weighted by Crippen LogP contribution is 2.34. The van der Waals surface area contributed by atoms with E-state index in [1.165, 1.54) is 5.57 Å². The second-order valence-corrected chi connectivity index (χ2v) is 9.84. The molecule has 1 aromatic rings. The van der Waals surface area contributed by atoms with Gasteiger partial charge in [0.15, 0.2) is 0 Å². The van der Waals surface area contributed by atoms with Crippen molar-refractivity contribution in [1.29, 1.82) is 0 Å². The highest BCUT2D eigenvalue weighted by Gasteiger charge is 2.47. The van der Waals surface area contributed by atoms with Crippen molar-refractivity contribution >= 4 is 21.8 Å². The van der Waals surface area contributed by atoms with Crippen LogP contribution in [0.1, 0.15) is 17.7 Å². The van der Waals surface area contributed by atoms with E-state index in [1.807, 2.05) is 4.90 Å². The summed E-state index contributed by atoms with van der Waals surface area (Å²) >= 11 is 0. The van der Waals surface area contributed by atoms with E-state index in [9.17, 15) is 8.42 Å². The highest BCUT2D eigenvalue weighted by molar-refractivity contribution is 7.90. The van der Waals surface area contributed by atoms with Gasteiger partial charge in [-0.1, -0.05) is 6.08 Å². The average molecular weight is 407 g/mol. The van der Waals surface area contributed by atoms with Gasteiger partial charge < -0.3 is 19.3 Å². The van der Waals surface area contributed by atoms with E-state index < -0.39 is 10.0 Å². The Morgan fingerprint density at radius 1 is 1.29 bits per heavy atom. The Labute approximate surface area is 164 Å². The first kappa shape index (κ1) is 18.3.